The smallest absolute Gasteiger partial charge is 0.170 e. The molecule has 0 fully saturated rings. The number of nitrogens with zero attached hydrogens (tertiary/aromatic N) is 6. The highest BCUT2D eigenvalue weighted by Crippen LogP contribution is 2.22. The first-order chi connectivity index (χ1) is 10.8. The Morgan fingerprint density at radius 1 is 1.27 bits per heavy atom. The predicted molar refractivity (Wildman–Crippen MR) is 83.3 cm³/mol. The Morgan fingerprint density at radius 3 is 3.09 bits per heavy atom. The van der Waals surface area contributed by atoms with E-state index in [-0.39, 0.29) is 0 Å². The van der Waals surface area contributed by atoms with Crippen LogP contribution < -0.4 is 0 Å². The van der Waals surface area contributed by atoms with Crippen molar-refractivity contribution in [3.05, 3.63) is 52.0 Å². The molecule has 2 aromatic heterocycles. The maximum atomic E-state index is 4.19. The fraction of sp³-hybridized carbons (Fsp3) is 0.286. The monoisotopic (exact) mass is 359 g/mol. The SMILES string of the molecule is Brc1ccccc1-n1nnnc1CN1CCc2[nH]ncc2C1. The van der Waals surface area contributed by atoms with E-state index in [2.05, 4.69) is 46.6 Å². The molecular weight excluding hydrogens is 346 g/mol. The van der Waals surface area contributed by atoms with Gasteiger partial charge in [0.25, 0.3) is 0 Å². The summed E-state index contributed by atoms with van der Waals surface area (Å²) >= 11 is 3.55. The molecule has 3 heterocycles. The zero-order chi connectivity index (χ0) is 14.9. The van der Waals surface area contributed by atoms with Crippen molar-refractivity contribution in [1.82, 2.24) is 35.3 Å². The van der Waals surface area contributed by atoms with E-state index < -0.39 is 0 Å². The Labute approximate surface area is 135 Å². The molecule has 4 rings (SSSR count). The van der Waals surface area contributed by atoms with E-state index in [9.17, 15) is 0 Å². The third-order valence-corrected chi connectivity index (χ3v) is 4.53. The minimum atomic E-state index is 0.707. The van der Waals surface area contributed by atoms with Crippen molar-refractivity contribution in [2.24, 2.45) is 0 Å². The number of hydrogen-bond donors (Lipinski definition) is 1. The molecule has 1 aliphatic rings. The average molecular weight is 360 g/mol. The predicted octanol–water partition coefficient (Wildman–Crippen LogP) is 1.71. The first-order valence-electron chi connectivity index (χ1n) is 7.07. The van der Waals surface area contributed by atoms with Crippen molar-refractivity contribution in [2.45, 2.75) is 19.5 Å². The number of nitrogens with one attached hydrogen (secondary N) is 1. The highest BCUT2D eigenvalue weighted by molar-refractivity contribution is 9.10. The lowest BCUT2D eigenvalue weighted by Crippen LogP contribution is -2.30. The molecule has 0 saturated carbocycles. The van der Waals surface area contributed by atoms with Crippen LogP contribution in [0.15, 0.2) is 34.9 Å². The van der Waals surface area contributed by atoms with E-state index in [0.717, 1.165) is 35.5 Å². The van der Waals surface area contributed by atoms with Crippen LogP contribution in [0.2, 0.25) is 0 Å². The van der Waals surface area contributed by atoms with Gasteiger partial charge in [-0.25, -0.2) is 0 Å². The summed E-state index contributed by atoms with van der Waals surface area (Å²) in [4.78, 5) is 2.33. The number of halogens is 1. The summed E-state index contributed by atoms with van der Waals surface area (Å²) in [6, 6.07) is 7.93. The normalized spacial score (nSPS) is 15.0. The number of fused-ring (bicyclic) bond motifs is 1. The number of rotatable bonds is 3. The van der Waals surface area contributed by atoms with Gasteiger partial charge >= 0.3 is 0 Å². The molecule has 1 aromatic carbocycles. The Morgan fingerprint density at radius 2 is 2.18 bits per heavy atom. The zero-order valence-corrected chi connectivity index (χ0v) is 13.4. The fourth-order valence-electron chi connectivity index (χ4n) is 2.73. The third kappa shape index (κ3) is 2.44. The van der Waals surface area contributed by atoms with Gasteiger partial charge in [-0.1, -0.05) is 12.1 Å². The quantitative estimate of drug-likeness (QED) is 0.770. The molecule has 0 unspecified atom stereocenters. The maximum absolute atomic E-state index is 4.19. The lowest BCUT2D eigenvalue weighted by molar-refractivity contribution is 0.236. The second-order valence-electron chi connectivity index (χ2n) is 5.29. The van der Waals surface area contributed by atoms with Gasteiger partial charge in [0, 0.05) is 35.2 Å². The molecule has 8 heteroatoms. The Hall–Kier alpha value is -2.06. The van der Waals surface area contributed by atoms with Gasteiger partial charge < -0.3 is 0 Å². The van der Waals surface area contributed by atoms with Gasteiger partial charge in [0.1, 0.15) is 0 Å². The summed E-state index contributed by atoms with van der Waals surface area (Å²) < 4.78 is 2.76. The van der Waals surface area contributed by atoms with Crippen molar-refractivity contribution in [2.75, 3.05) is 6.54 Å². The molecule has 1 N–H and O–H groups in total. The Bertz CT molecular complexity index is 794. The molecule has 0 saturated heterocycles. The van der Waals surface area contributed by atoms with Crippen molar-refractivity contribution >= 4 is 15.9 Å². The van der Waals surface area contributed by atoms with Gasteiger partial charge in [-0.15, -0.1) is 5.10 Å². The van der Waals surface area contributed by atoms with Crippen molar-refractivity contribution in [1.29, 1.82) is 0 Å². The molecule has 0 atom stereocenters. The van der Waals surface area contributed by atoms with Crippen LogP contribution in [0.5, 0.6) is 0 Å². The van der Waals surface area contributed by atoms with E-state index in [4.69, 9.17) is 0 Å². The average Bonchev–Trinajstić information content (AvgIpc) is 3.16. The Kier molecular flexibility index (Phi) is 3.47. The number of H-pyrrole nitrogens is 1. The first kappa shape index (κ1) is 13.6. The maximum Gasteiger partial charge on any atom is 0.170 e. The van der Waals surface area contributed by atoms with Crippen LogP contribution in [0.1, 0.15) is 17.1 Å². The summed E-state index contributed by atoms with van der Waals surface area (Å²) in [5.41, 5.74) is 3.44. The third-order valence-electron chi connectivity index (χ3n) is 3.86. The van der Waals surface area contributed by atoms with E-state index >= 15 is 0 Å². The summed E-state index contributed by atoms with van der Waals surface area (Å²) in [7, 11) is 0. The second-order valence-corrected chi connectivity index (χ2v) is 6.15. The molecule has 112 valence electrons. The molecule has 22 heavy (non-hydrogen) atoms. The fourth-order valence-corrected chi connectivity index (χ4v) is 3.18. The summed E-state index contributed by atoms with van der Waals surface area (Å²) in [5.74, 6) is 0.832. The lowest BCUT2D eigenvalue weighted by Gasteiger charge is -2.25. The molecule has 0 bridgehead atoms. The van der Waals surface area contributed by atoms with Crippen LogP contribution in [-0.4, -0.2) is 41.8 Å². The molecule has 0 amide bonds. The number of para-hydroxylation sites is 1. The van der Waals surface area contributed by atoms with Gasteiger partial charge in [-0.3, -0.25) is 10.00 Å². The standard InChI is InChI=1S/C14H14BrN7/c15-11-3-1-2-4-13(11)22-14(18-19-20-22)9-21-6-5-12-10(8-21)7-16-17-12/h1-4,7H,5-6,8-9H2,(H,16,17). The number of tetrazole rings is 1. The molecule has 3 aromatic rings. The van der Waals surface area contributed by atoms with E-state index in [1.165, 1.54) is 11.3 Å². The van der Waals surface area contributed by atoms with Crippen LogP contribution in [0.25, 0.3) is 5.69 Å². The number of benzene rings is 1. The number of aromatic amines is 1. The van der Waals surface area contributed by atoms with Crippen molar-refractivity contribution in [3.8, 4) is 5.69 Å². The van der Waals surface area contributed by atoms with Gasteiger partial charge in [-0.2, -0.15) is 9.78 Å². The minimum absolute atomic E-state index is 0.707. The topological polar surface area (TPSA) is 75.5 Å². The van der Waals surface area contributed by atoms with Crippen molar-refractivity contribution < 1.29 is 0 Å². The van der Waals surface area contributed by atoms with Crippen molar-refractivity contribution in [3.63, 3.8) is 0 Å². The first-order valence-corrected chi connectivity index (χ1v) is 7.86. The highest BCUT2D eigenvalue weighted by atomic mass is 79.9. The van der Waals surface area contributed by atoms with Gasteiger partial charge in [0.15, 0.2) is 5.82 Å². The molecule has 1 aliphatic heterocycles. The molecule has 0 aliphatic carbocycles. The lowest BCUT2D eigenvalue weighted by atomic mass is 10.1. The van der Waals surface area contributed by atoms with Crippen LogP contribution in [0.3, 0.4) is 0 Å². The number of aromatic nitrogens is 6. The highest BCUT2D eigenvalue weighted by Gasteiger charge is 2.20. The second kappa shape index (κ2) is 5.62. The molecule has 0 radical (unpaired) electrons. The Balaban J connectivity index is 1.58. The van der Waals surface area contributed by atoms with Crippen LogP contribution in [0.4, 0.5) is 0 Å². The van der Waals surface area contributed by atoms with Gasteiger partial charge in [0.05, 0.1) is 18.4 Å². The number of hydrogen-bond acceptors (Lipinski definition) is 5. The molecule has 0 spiro atoms. The summed E-state index contributed by atoms with van der Waals surface area (Å²) in [6.07, 6.45) is 2.88. The minimum Gasteiger partial charge on any atom is -0.291 e. The van der Waals surface area contributed by atoms with E-state index in [0.29, 0.717) is 6.54 Å². The van der Waals surface area contributed by atoms with E-state index in [1.807, 2.05) is 30.5 Å². The van der Waals surface area contributed by atoms with Gasteiger partial charge in [0.2, 0.25) is 0 Å². The largest absolute Gasteiger partial charge is 0.291 e. The van der Waals surface area contributed by atoms with Crippen LogP contribution >= 0.6 is 15.9 Å². The summed E-state index contributed by atoms with van der Waals surface area (Å²) in [6.45, 7) is 2.55. The zero-order valence-electron chi connectivity index (χ0n) is 11.8. The summed E-state index contributed by atoms with van der Waals surface area (Å²) in [5, 5.41) is 19.3. The molecular formula is C14H14BrN7. The van der Waals surface area contributed by atoms with Crippen LogP contribution in [0, 0.1) is 0 Å². The van der Waals surface area contributed by atoms with E-state index in [1.54, 1.807) is 4.68 Å². The van der Waals surface area contributed by atoms with Gasteiger partial charge in [-0.05, 0) is 38.5 Å². The molecule has 7 nitrogen and oxygen atoms in total. The van der Waals surface area contributed by atoms with Crippen LogP contribution in [-0.2, 0) is 19.5 Å².